The van der Waals surface area contributed by atoms with E-state index in [1.54, 1.807) is 22.9 Å². The van der Waals surface area contributed by atoms with Gasteiger partial charge in [0, 0.05) is 5.69 Å². The van der Waals surface area contributed by atoms with Crippen LogP contribution in [0, 0.1) is 6.92 Å². The number of ether oxygens (including phenoxy) is 1. The number of halogens is 1. The fourth-order valence-electron chi connectivity index (χ4n) is 3.15. The maximum Gasteiger partial charge on any atom is 0.283 e. The number of nitrogens with zero attached hydrogens (tertiary/aromatic N) is 5. The van der Waals surface area contributed by atoms with Crippen molar-refractivity contribution in [2.24, 2.45) is 0 Å². The molecule has 2 aromatic carbocycles. The van der Waals surface area contributed by atoms with Crippen LogP contribution in [0.4, 0.5) is 5.69 Å². The molecule has 10 heteroatoms. The first-order chi connectivity index (χ1) is 15.0. The van der Waals surface area contributed by atoms with Crippen molar-refractivity contribution in [1.82, 2.24) is 24.5 Å². The van der Waals surface area contributed by atoms with Crippen molar-refractivity contribution in [3.8, 4) is 5.75 Å². The number of aryl methyl sites for hydroxylation is 1. The van der Waals surface area contributed by atoms with E-state index in [9.17, 15) is 9.59 Å². The van der Waals surface area contributed by atoms with E-state index in [2.05, 4.69) is 20.6 Å². The normalized spacial score (nSPS) is 10.9. The SMILES string of the molecule is COc1ccc(NC(=O)Cn2cnc3c(nnn3Cc3ccccc3C)c2=O)cc1Cl. The van der Waals surface area contributed by atoms with Gasteiger partial charge in [0.2, 0.25) is 5.91 Å². The van der Waals surface area contributed by atoms with Gasteiger partial charge in [0.25, 0.3) is 5.56 Å². The molecule has 1 N–H and O–H groups in total. The molecule has 0 unspecified atom stereocenters. The van der Waals surface area contributed by atoms with Crippen LogP contribution in [0.5, 0.6) is 5.75 Å². The molecule has 0 aliphatic rings. The zero-order valence-corrected chi connectivity index (χ0v) is 17.6. The third kappa shape index (κ3) is 4.26. The van der Waals surface area contributed by atoms with Crippen LogP contribution in [0.3, 0.4) is 0 Å². The van der Waals surface area contributed by atoms with Gasteiger partial charge in [-0.25, -0.2) is 9.67 Å². The average Bonchev–Trinajstić information content (AvgIpc) is 3.15. The van der Waals surface area contributed by atoms with Gasteiger partial charge in [-0.15, -0.1) is 5.10 Å². The molecule has 31 heavy (non-hydrogen) atoms. The number of benzene rings is 2. The second-order valence-corrected chi connectivity index (χ2v) is 7.33. The van der Waals surface area contributed by atoms with E-state index in [1.807, 2.05) is 31.2 Å². The summed E-state index contributed by atoms with van der Waals surface area (Å²) in [7, 11) is 1.51. The molecule has 0 radical (unpaired) electrons. The van der Waals surface area contributed by atoms with E-state index < -0.39 is 11.5 Å². The summed E-state index contributed by atoms with van der Waals surface area (Å²) in [4.78, 5) is 29.5. The van der Waals surface area contributed by atoms with Crippen molar-refractivity contribution >= 4 is 34.4 Å². The molecule has 0 fully saturated rings. The first-order valence-electron chi connectivity index (χ1n) is 9.43. The standard InChI is InChI=1S/C21H19ClN6O3/c1-13-5-3-4-6-14(13)10-28-20-19(25-26-28)21(30)27(12-23-20)11-18(29)24-15-7-8-17(31-2)16(22)9-15/h3-9,12H,10-11H2,1-2H3,(H,24,29). The minimum absolute atomic E-state index is 0.108. The Morgan fingerprint density at radius 2 is 2.03 bits per heavy atom. The van der Waals surface area contributed by atoms with Gasteiger partial charge in [-0.2, -0.15) is 0 Å². The zero-order chi connectivity index (χ0) is 22.0. The third-order valence-corrected chi connectivity index (χ3v) is 5.12. The van der Waals surface area contributed by atoms with Crippen molar-refractivity contribution in [3.05, 3.63) is 75.3 Å². The molecule has 2 heterocycles. The molecular weight excluding hydrogens is 420 g/mol. The summed E-state index contributed by atoms with van der Waals surface area (Å²) in [6.45, 7) is 2.22. The lowest BCUT2D eigenvalue weighted by molar-refractivity contribution is -0.116. The first kappa shape index (κ1) is 20.5. The summed E-state index contributed by atoms with van der Waals surface area (Å²) in [5, 5.41) is 11.1. The van der Waals surface area contributed by atoms with Gasteiger partial charge in [0.15, 0.2) is 11.2 Å². The number of aromatic nitrogens is 5. The lowest BCUT2D eigenvalue weighted by Crippen LogP contribution is -2.28. The molecule has 9 nitrogen and oxygen atoms in total. The van der Waals surface area contributed by atoms with Gasteiger partial charge in [0.05, 0.1) is 18.7 Å². The molecule has 0 saturated carbocycles. The summed E-state index contributed by atoms with van der Waals surface area (Å²) >= 11 is 6.07. The Morgan fingerprint density at radius 1 is 1.23 bits per heavy atom. The number of carbonyl (C=O) groups is 1. The fourth-order valence-corrected chi connectivity index (χ4v) is 3.41. The molecule has 0 spiro atoms. The van der Waals surface area contributed by atoms with Crippen LogP contribution in [-0.2, 0) is 17.9 Å². The minimum atomic E-state index is -0.441. The molecule has 1 amide bonds. The van der Waals surface area contributed by atoms with Crippen LogP contribution in [0.15, 0.2) is 53.6 Å². The number of nitrogens with one attached hydrogen (secondary N) is 1. The Balaban J connectivity index is 1.53. The topological polar surface area (TPSA) is 104 Å². The summed E-state index contributed by atoms with van der Waals surface area (Å²) in [5.74, 6) is 0.0936. The molecule has 4 aromatic rings. The lowest BCUT2D eigenvalue weighted by atomic mass is 10.1. The summed E-state index contributed by atoms with van der Waals surface area (Å²) in [6, 6.07) is 12.8. The van der Waals surface area contributed by atoms with Gasteiger partial charge in [-0.05, 0) is 36.2 Å². The number of amides is 1. The van der Waals surface area contributed by atoms with Crippen LogP contribution >= 0.6 is 11.6 Å². The maximum absolute atomic E-state index is 12.8. The largest absolute Gasteiger partial charge is 0.495 e. The van der Waals surface area contributed by atoms with Crippen LogP contribution in [0.25, 0.3) is 11.2 Å². The third-order valence-electron chi connectivity index (χ3n) is 4.82. The lowest BCUT2D eigenvalue weighted by Gasteiger charge is -2.09. The maximum atomic E-state index is 12.8. The zero-order valence-electron chi connectivity index (χ0n) is 16.9. The van der Waals surface area contributed by atoms with E-state index in [1.165, 1.54) is 18.0 Å². The predicted molar refractivity (Wildman–Crippen MR) is 116 cm³/mol. The molecule has 0 saturated heterocycles. The molecule has 0 atom stereocenters. The van der Waals surface area contributed by atoms with Crippen molar-refractivity contribution in [2.45, 2.75) is 20.0 Å². The Bertz CT molecular complexity index is 1330. The monoisotopic (exact) mass is 438 g/mol. The van der Waals surface area contributed by atoms with Gasteiger partial charge in [-0.3, -0.25) is 14.2 Å². The smallest absolute Gasteiger partial charge is 0.283 e. The number of methoxy groups -OCH3 is 1. The Hall–Kier alpha value is -3.72. The first-order valence-corrected chi connectivity index (χ1v) is 9.80. The summed E-state index contributed by atoms with van der Waals surface area (Å²) in [6.07, 6.45) is 1.32. The second kappa shape index (κ2) is 8.57. The van der Waals surface area contributed by atoms with Crippen molar-refractivity contribution in [1.29, 1.82) is 0 Å². The van der Waals surface area contributed by atoms with Crippen LogP contribution in [0.2, 0.25) is 5.02 Å². The van der Waals surface area contributed by atoms with E-state index in [0.29, 0.717) is 28.7 Å². The molecule has 0 bridgehead atoms. The second-order valence-electron chi connectivity index (χ2n) is 6.92. The van der Waals surface area contributed by atoms with E-state index in [0.717, 1.165) is 11.1 Å². The molecular formula is C21H19ClN6O3. The average molecular weight is 439 g/mol. The van der Waals surface area contributed by atoms with Gasteiger partial charge in [-0.1, -0.05) is 41.1 Å². The van der Waals surface area contributed by atoms with E-state index in [-0.39, 0.29) is 12.1 Å². The Kier molecular flexibility index (Phi) is 5.68. The quantitative estimate of drug-likeness (QED) is 0.496. The highest BCUT2D eigenvalue weighted by molar-refractivity contribution is 6.32. The molecule has 0 aliphatic carbocycles. The highest BCUT2D eigenvalue weighted by Gasteiger charge is 2.15. The van der Waals surface area contributed by atoms with Crippen LogP contribution in [0.1, 0.15) is 11.1 Å². The fraction of sp³-hybridized carbons (Fsp3) is 0.190. The highest BCUT2D eigenvalue weighted by Crippen LogP contribution is 2.27. The van der Waals surface area contributed by atoms with E-state index in [4.69, 9.17) is 16.3 Å². The summed E-state index contributed by atoms with van der Waals surface area (Å²) < 4.78 is 7.85. The van der Waals surface area contributed by atoms with Crippen molar-refractivity contribution < 1.29 is 9.53 Å². The molecule has 158 valence electrons. The number of hydrogen-bond donors (Lipinski definition) is 1. The van der Waals surface area contributed by atoms with Gasteiger partial charge < -0.3 is 10.1 Å². The highest BCUT2D eigenvalue weighted by atomic mass is 35.5. The minimum Gasteiger partial charge on any atom is -0.495 e. The van der Waals surface area contributed by atoms with Crippen molar-refractivity contribution in [3.63, 3.8) is 0 Å². The number of anilines is 1. The van der Waals surface area contributed by atoms with Gasteiger partial charge >= 0.3 is 0 Å². The van der Waals surface area contributed by atoms with Crippen molar-refractivity contribution in [2.75, 3.05) is 12.4 Å². The Morgan fingerprint density at radius 3 is 2.77 bits per heavy atom. The number of rotatable bonds is 6. The molecule has 4 rings (SSSR count). The van der Waals surface area contributed by atoms with E-state index >= 15 is 0 Å². The molecule has 2 aromatic heterocycles. The van der Waals surface area contributed by atoms with Crippen LogP contribution in [-0.4, -0.2) is 37.6 Å². The summed E-state index contributed by atoms with van der Waals surface area (Å²) in [5.41, 5.74) is 2.68. The molecule has 0 aliphatic heterocycles. The van der Waals surface area contributed by atoms with Crippen LogP contribution < -0.4 is 15.6 Å². The number of hydrogen-bond acceptors (Lipinski definition) is 6. The number of fused-ring (bicyclic) bond motifs is 1. The number of carbonyl (C=O) groups excluding carboxylic acids is 1. The predicted octanol–water partition coefficient (Wildman–Crippen LogP) is 2.65. The van der Waals surface area contributed by atoms with Gasteiger partial charge in [0.1, 0.15) is 18.6 Å². The Labute approximate surface area is 182 Å².